The molecule has 0 saturated carbocycles. The van der Waals surface area contributed by atoms with Crippen LogP contribution in [0.15, 0.2) is 24.3 Å². The van der Waals surface area contributed by atoms with Gasteiger partial charge in [-0.3, -0.25) is 4.79 Å². The second kappa shape index (κ2) is 6.78. The minimum Gasteiger partial charge on any atom is -0.373 e. The summed E-state index contributed by atoms with van der Waals surface area (Å²) in [4.78, 5) is 23.7. The van der Waals surface area contributed by atoms with Crippen LogP contribution < -0.4 is 10.8 Å². The fraction of sp³-hybridized carbons (Fsp3) is 0.389. The van der Waals surface area contributed by atoms with Crippen molar-refractivity contribution in [2.45, 2.75) is 26.7 Å². The van der Waals surface area contributed by atoms with Gasteiger partial charge in [0.2, 0.25) is 10.1 Å². The zero-order valence-electron chi connectivity index (χ0n) is 15.1. The molecule has 7 nitrogen and oxygen atoms in total. The van der Waals surface area contributed by atoms with Crippen LogP contribution in [0.1, 0.15) is 25.5 Å². The lowest BCUT2D eigenvalue weighted by Crippen LogP contribution is -2.28. The standard InChI is InChI=1S/C18H20ClN5O2S/c1-11-15(12-5-3-4-6-13(12)19)21-16-24(11)22-17(27-16)23-8-7-18(2,10-23)9-14(25)26-20/h3-6H,7-10,20H2,1-2H3. The molecule has 3 aromatic rings. The number of nitrogens with two attached hydrogens (primary N) is 1. The highest BCUT2D eigenvalue weighted by Crippen LogP contribution is 2.39. The van der Waals surface area contributed by atoms with E-state index in [1.807, 2.05) is 35.7 Å². The minimum atomic E-state index is -0.381. The molecule has 3 heterocycles. The number of carbonyl (C=O) groups excluding carboxylic acids is 1. The van der Waals surface area contributed by atoms with Crippen LogP contribution in [-0.2, 0) is 9.63 Å². The third kappa shape index (κ3) is 3.28. The quantitative estimate of drug-likeness (QED) is 0.669. The highest BCUT2D eigenvalue weighted by molar-refractivity contribution is 7.20. The van der Waals surface area contributed by atoms with E-state index in [0.717, 1.165) is 46.6 Å². The van der Waals surface area contributed by atoms with Gasteiger partial charge >= 0.3 is 5.97 Å². The largest absolute Gasteiger partial charge is 0.373 e. The van der Waals surface area contributed by atoms with Gasteiger partial charge in [0.05, 0.1) is 22.8 Å². The molecule has 0 spiro atoms. The first kappa shape index (κ1) is 18.2. The first-order chi connectivity index (χ1) is 12.9. The van der Waals surface area contributed by atoms with Crippen molar-refractivity contribution < 1.29 is 9.63 Å². The summed E-state index contributed by atoms with van der Waals surface area (Å²) in [7, 11) is 0. The average Bonchev–Trinajstić information content (AvgIpc) is 3.30. The predicted molar refractivity (Wildman–Crippen MR) is 106 cm³/mol. The summed E-state index contributed by atoms with van der Waals surface area (Å²) in [5.74, 6) is 4.61. The number of nitrogens with zero attached hydrogens (tertiary/aromatic N) is 4. The van der Waals surface area contributed by atoms with Gasteiger partial charge in [0.25, 0.3) is 0 Å². The van der Waals surface area contributed by atoms with Crippen molar-refractivity contribution in [3.8, 4) is 11.3 Å². The van der Waals surface area contributed by atoms with Gasteiger partial charge in [-0.1, -0.05) is 48.1 Å². The number of halogens is 1. The van der Waals surface area contributed by atoms with E-state index in [1.54, 1.807) is 0 Å². The second-order valence-electron chi connectivity index (χ2n) is 7.25. The average molecular weight is 406 g/mol. The number of carbonyl (C=O) groups is 1. The molecule has 1 atom stereocenters. The van der Waals surface area contributed by atoms with Gasteiger partial charge in [0.15, 0.2) is 0 Å². The Balaban J connectivity index is 1.61. The van der Waals surface area contributed by atoms with Crippen molar-refractivity contribution in [1.29, 1.82) is 0 Å². The smallest absolute Gasteiger partial charge is 0.325 e. The third-order valence-corrected chi connectivity index (χ3v) is 6.38. The Morgan fingerprint density at radius 3 is 2.93 bits per heavy atom. The lowest BCUT2D eigenvalue weighted by atomic mass is 9.86. The lowest BCUT2D eigenvalue weighted by Gasteiger charge is -2.22. The maximum absolute atomic E-state index is 11.6. The lowest BCUT2D eigenvalue weighted by molar-refractivity contribution is -0.146. The molecule has 1 aliphatic heterocycles. The Morgan fingerprint density at radius 2 is 2.22 bits per heavy atom. The Morgan fingerprint density at radius 1 is 1.44 bits per heavy atom. The van der Waals surface area contributed by atoms with Crippen LogP contribution in [0.25, 0.3) is 16.2 Å². The number of aromatic nitrogens is 3. The second-order valence-corrected chi connectivity index (χ2v) is 8.60. The molecule has 9 heteroatoms. The summed E-state index contributed by atoms with van der Waals surface area (Å²) in [6, 6.07) is 7.68. The van der Waals surface area contributed by atoms with Crippen LogP contribution in [0.5, 0.6) is 0 Å². The Kier molecular flexibility index (Phi) is 4.57. The van der Waals surface area contributed by atoms with Crippen LogP contribution in [0.3, 0.4) is 0 Å². The van der Waals surface area contributed by atoms with Crippen LogP contribution in [0.4, 0.5) is 5.13 Å². The molecule has 0 radical (unpaired) electrons. The van der Waals surface area contributed by atoms with Crippen LogP contribution >= 0.6 is 22.9 Å². The van der Waals surface area contributed by atoms with Gasteiger partial charge < -0.3 is 9.74 Å². The fourth-order valence-corrected chi connectivity index (χ4v) is 4.79. The summed E-state index contributed by atoms with van der Waals surface area (Å²) in [5, 5.41) is 6.32. The van der Waals surface area contributed by atoms with E-state index in [1.165, 1.54) is 11.3 Å². The van der Waals surface area contributed by atoms with E-state index < -0.39 is 0 Å². The van der Waals surface area contributed by atoms with E-state index in [4.69, 9.17) is 27.6 Å². The summed E-state index contributed by atoms with van der Waals surface area (Å²) < 4.78 is 1.86. The fourth-order valence-electron chi connectivity index (χ4n) is 3.60. The van der Waals surface area contributed by atoms with E-state index in [9.17, 15) is 4.79 Å². The summed E-state index contributed by atoms with van der Waals surface area (Å²) in [6.45, 7) is 5.63. The number of rotatable bonds is 4. The normalized spacial score (nSPS) is 19.8. The molecule has 1 aromatic carbocycles. The number of aryl methyl sites for hydroxylation is 1. The maximum Gasteiger partial charge on any atom is 0.325 e. The Bertz CT molecular complexity index is 1020. The van der Waals surface area contributed by atoms with Crippen molar-refractivity contribution >= 4 is 39.0 Å². The summed E-state index contributed by atoms with van der Waals surface area (Å²) in [6.07, 6.45) is 1.19. The number of hydrogen-bond acceptors (Lipinski definition) is 7. The molecule has 2 N–H and O–H groups in total. The van der Waals surface area contributed by atoms with E-state index in [0.29, 0.717) is 11.4 Å². The van der Waals surface area contributed by atoms with Crippen LogP contribution in [0, 0.1) is 12.3 Å². The molecule has 2 aromatic heterocycles. The zero-order chi connectivity index (χ0) is 19.2. The first-order valence-corrected chi connectivity index (χ1v) is 9.85. The highest BCUT2D eigenvalue weighted by atomic mass is 35.5. The van der Waals surface area contributed by atoms with Crippen molar-refractivity contribution in [1.82, 2.24) is 14.6 Å². The van der Waals surface area contributed by atoms with Crippen LogP contribution in [-0.4, -0.2) is 33.7 Å². The van der Waals surface area contributed by atoms with Crippen molar-refractivity contribution in [3.05, 3.63) is 35.0 Å². The molecule has 0 aliphatic carbocycles. The molecular formula is C18H20ClN5O2S. The molecule has 1 aliphatic rings. The highest BCUT2D eigenvalue weighted by Gasteiger charge is 2.37. The van der Waals surface area contributed by atoms with E-state index in [2.05, 4.69) is 16.7 Å². The predicted octanol–water partition coefficient (Wildman–Crippen LogP) is 3.44. The van der Waals surface area contributed by atoms with Gasteiger partial charge in [-0.2, -0.15) is 5.90 Å². The molecule has 1 unspecified atom stereocenters. The molecule has 142 valence electrons. The maximum atomic E-state index is 11.6. The number of benzene rings is 1. The van der Waals surface area contributed by atoms with Gasteiger partial charge in [0, 0.05) is 18.7 Å². The van der Waals surface area contributed by atoms with Gasteiger partial charge in [-0.15, -0.1) is 5.10 Å². The van der Waals surface area contributed by atoms with Gasteiger partial charge in [-0.25, -0.2) is 9.50 Å². The van der Waals surface area contributed by atoms with E-state index in [-0.39, 0.29) is 11.4 Å². The first-order valence-electron chi connectivity index (χ1n) is 8.66. The minimum absolute atomic E-state index is 0.165. The molecule has 4 rings (SSSR count). The zero-order valence-corrected chi connectivity index (χ0v) is 16.7. The number of anilines is 1. The number of imidazole rings is 1. The number of fused-ring (bicyclic) bond motifs is 1. The third-order valence-electron chi connectivity index (χ3n) is 5.08. The molecule has 0 bridgehead atoms. The van der Waals surface area contributed by atoms with Crippen LogP contribution in [0.2, 0.25) is 5.02 Å². The molecular weight excluding hydrogens is 386 g/mol. The van der Waals surface area contributed by atoms with Gasteiger partial charge in [-0.05, 0) is 24.8 Å². The molecule has 27 heavy (non-hydrogen) atoms. The Labute approximate surface area is 165 Å². The summed E-state index contributed by atoms with van der Waals surface area (Å²) >= 11 is 7.86. The van der Waals surface area contributed by atoms with Crippen molar-refractivity contribution in [2.75, 3.05) is 18.0 Å². The Hall–Kier alpha value is -2.16. The van der Waals surface area contributed by atoms with Crippen molar-refractivity contribution in [3.63, 3.8) is 0 Å². The SMILES string of the molecule is Cc1c(-c2ccccc2Cl)nc2sc(N3CCC(C)(CC(=O)ON)C3)nn12. The molecule has 1 fully saturated rings. The number of hydrogen-bond donors (Lipinski definition) is 1. The van der Waals surface area contributed by atoms with Crippen molar-refractivity contribution in [2.24, 2.45) is 11.3 Å². The van der Waals surface area contributed by atoms with E-state index >= 15 is 0 Å². The molecule has 0 amide bonds. The molecule has 1 saturated heterocycles. The topological polar surface area (TPSA) is 85.8 Å². The monoisotopic (exact) mass is 405 g/mol. The summed E-state index contributed by atoms with van der Waals surface area (Å²) in [5.41, 5.74) is 2.55. The van der Waals surface area contributed by atoms with Gasteiger partial charge in [0.1, 0.15) is 0 Å².